The van der Waals surface area contributed by atoms with Gasteiger partial charge in [0.25, 0.3) is 11.8 Å². The molecule has 1 aliphatic heterocycles. The molecule has 39 heavy (non-hydrogen) atoms. The standard InChI is InChI=1S/C30H39N7O2/c1-19(2)37-28-26(18-33-37)24(29(38)32-17-25-20(3)13-21(4)34-30(25)39)15-27(35-28)23-10-7-9-22(14-23)16-31-11-8-12-36(5)6/h7,9-10,13-15,18-19,25,31H,8,11-12,16-17H2,1-6H3,(H,32,38). The van der Waals surface area contributed by atoms with Crippen molar-refractivity contribution in [2.24, 2.45) is 10.9 Å². The number of carbonyl (C=O) groups is 2. The van der Waals surface area contributed by atoms with E-state index in [2.05, 4.69) is 51.9 Å². The van der Waals surface area contributed by atoms with Crippen LogP contribution in [-0.4, -0.2) is 70.9 Å². The van der Waals surface area contributed by atoms with Crippen LogP contribution >= 0.6 is 0 Å². The molecule has 2 N–H and O–H groups in total. The fraction of sp³-hybridized carbons (Fsp3) is 0.433. The maximum Gasteiger partial charge on any atom is 0.254 e. The molecule has 0 bridgehead atoms. The summed E-state index contributed by atoms with van der Waals surface area (Å²) in [7, 11) is 4.16. The van der Waals surface area contributed by atoms with Crippen molar-refractivity contribution in [1.29, 1.82) is 0 Å². The van der Waals surface area contributed by atoms with Crippen molar-refractivity contribution < 1.29 is 9.59 Å². The summed E-state index contributed by atoms with van der Waals surface area (Å²) >= 11 is 0. The van der Waals surface area contributed by atoms with Gasteiger partial charge in [-0.1, -0.05) is 23.8 Å². The Balaban J connectivity index is 1.60. The van der Waals surface area contributed by atoms with Gasteiger partial charge in [0.1, 0.15) is 0 Å². The van der Waals surface area contributed by atoms with E-state index in [-0.39, 0.29) is 24.4 Å². The van der Waals surface area contributed by atoms with E-state index in [9.17, 15) is 9.59 Å². The quantitative estimate of drug-likeness (QED) is 0.364. The number of aromatic nitrogens is 3. The predicted molar refractivity (Wildman–Crippen MR) is 156 cm³/mol. The van der Waals surface area contributed by atoms with Gasteiger partial charge in [0, 0.05) is 30.4 Å². The molecule has 1 unspecified atom stereocenters. The Morgan fingerprint density at radius 1 is 1.18 bits per heavy atom. The van der Waals surface area contributed by atoms with Crippen LogP contribution in [0.3, 0.4) is 0 Å². The van der Waals surface area contributed by atoms with Crippen LogP contribution in [0.15, 0.2) is 53.2 Å². The second-order valence-electron chi connectivity index (χ2n) is 10.8. The Morgan fingerprint density at radius 3 is 2.69 bits per heavy atom. The number of hydrogen-bond donors (Lipinski definition) is 2. The summed E-state index contributed by atoms with van der Waals surface area (Å²) in [6.07, 6.45) is 4.66. The summed E-state index contributed by atoms with van der Waals surface area (Å²) in [6, 6.07) is 10.1. The third-order valence-corrected chi connectivity index (χ3v) is 6.85. The molecule has 9 nitrogen and oxygen atoms in total. The van der Waals surface area contributed by atoms with Gasteiger partial charge in [-0.05, 0) is 85.1 Å². The van der Waals surface area contributed by atoms with Crippen LogP contribution in [0.2, 0.25) is 0 Å². The molecule has 2 amide bonds. The van der Waals surface area contributed by atoms with E-state index in [1.165, 1.54) is 0 Å². The number of dihydropyridines is 1. The predicted octanol–water partition coefficient (Wildman–Crippen LogP) is 4.01. The van der Waals surface area contributed by atoms with E-state index in [4.69, 9.17) is 4.98 Å². The fourth-order valence-corrected chi connectivity index (χ4v) is 4.77. The minimum absolute atomic E-state index is 0.0765. The number of rotatable bonds is 11. The van der Waals surface area contributed by atoms with E-state index in [1.54, 1.807) is 13.1 Å². The minimum Gasteiger partial charge on any atom is -0.351 e. The number of aliphatic imine (C=N–C) groups is 1. The molecular formula is C30H39N7O2. The highest BCUT2D eigenvalue weighted by Gasteiger charge is 2.25. The van der Waals surface area contributed by atoms with Crippen molar-refractivity contribution in [2.45, 2.75) is 46.7 Å². The number of carbonyl (C=O) groups excluding carboxylic acids is 2. The maximum atomic E-state index is 13.5. The van der Waals surface area contributed by atoms with Crippen LogP contribution in [0, 0.1) is 5.92 Å². The molecule has 0 aliphatic carbocycles. The molecular weight excluding hydrogens is 490 g/mol. The number of nitrogens with zero attached hydrogens (tertiary/aromatic N) is 5. The summed E-state index contributed by atoms with van der Waals surface area (Å²) < 4.78 is 1.83. The molecule has 0 saturated heterocycles. The first-order chi connectivity index (χ1) is 18.6. The third kappa shape index (κ3) is 6.85. The molecule has 1 aromatic carbocycles. The van der Waals surface area contributed by atoms with Crippen LogP contribution in [-0.2, 0) is 11.3 Å². The van der Waals surface area contributed by atoms with Crippen molar-refractivity contribution in [3.05, 3.63) is 59.3 Å². The fourth-order valence-electron chi connectivity index (χ4n) is 4.77. The molecule has 1 atom stereocenters. The summed E-state index contributed by atoms with van der Waals surface area (Å²) in [5.41, 5.74) is 5.51. The second-order valence-corrected chi connectivity index (χ2v) is 10.8. The van der Waals surface area contributed by atoms with E-state index in [0.717, 1.165) is 42.8 Å². The largest absolute Gasteiger partial charge is 0.351 e. The molecule has 0 fully saturated rings. The lowest BCUT2D eigenvalue weighted by Gasteiger charge is -2.19. The van der Waals surface area contributed by atoms with Crippen molar-refractivity contribution in [3.8, 4) is 11.3 Å². The second kappa shape index (κ2) is 12.4. The topological polar surface area (TPSA) is 105 Å². The first-order valence-electron chi connectivity index (χ1n) is 13.5. The van der Waals surface area contributed by atoms with E-state index < -0.39 is 5.92 Å². The van der Waals surface area contributed by atoms with Crippen molar-refractivity contribution in [3.63, 3.8) is 0 Å². The Kier molecular flexibility index (Phi) is 9.04. The number of pyridine rings is 1. The smallest absolute Gasteiger partial charge is 0.254 e. The number of nitrogens with one attached hydrogen (secondary N) is 2. The summed E-state index contributed by atoms with van der Waals surface area (Å²) in [6.45, 7) is 10.7. The molecule has 206 valence electrons. The summed E-state index contributed by atoms with van der Waals surface area (Å²) in [4.78, 5) is 37.1. The van der Waals surface area contributed by atoms with Gasteiger partial charge >= 0.3 is 0 Å². The molecule has 0 radical (unpaired) electrons. The van der Waals surface area contributed by atoms with E-state index >= 15 is 0 Å². The lowest BCUT2D eigenvalue weighted by Crippen LogP contribution is -2.34. The first kappa shape index (κ1) is 28.3. The van der Waals surface area contributed by atoms with Gasteiger partial charge in [0.2, 0.25) is 0 Å². The minimum atomic E-state index is -0.463. The lowest BCUT2D eigenvalue weighted by molar-refractivity contribution is -0.120. The SMILES string of the molecule is CC1=CC(C)=NC(=O)C1CNC(=O)c1cc(-c2cccc(CNCCCN(C)C)c2)nc2c1cnn2C(C)C. The summed E-state index contributed by atoms with van der Waals surface area (Å²) in [5, 5.41) is 11.7. The zero-order chi connectivity index (χ0) is 28.1. The van der Waals surface area contributed by atoms with Gasteiger partial charge in [-0.25, -0.2) is 14.7 Å². The van der Waals surface area contributed by atoms with Crippen LogP contribution < -0.4 is 10.6 Å². The zero-order valence-electron chi connectivity index (χ0n) is 23.8. The molecule has 3 aromatic rings. The van der Waals surface area contributed by atoms with E-state index in [0.29, 0.717) is 28.0 Å². The van der Waals surface area contributed by atoms with Gasteiger partial charge in [0.15, 0.2) is 5.65 Å². The van der Waals surface area contributed by atoms with Gasteiger partial charge in [-0.3, -0.25) is 9.59 Å². The van der Waals surface area contributed by atoms with E-state index in [1.807, 2.05) is 49.7 Å². The number of hydrogen-bond acceptors (Lipinski definition) is 6. The average molecular weight is 530 g/mol. The van der Waals surface area contributed by atoms with Gasteiger partial charge in [0.05, 0.1) is 28.8 Å². The number of allylic oxidation sites excluding steroid dienone is 1. The molecule has 9 heteroatoms. The third-order valence-electron chi connectivity index (χ3n) is 6.85. The number of amides is 2. The highest BCUT2D eigenvalue weighted by Crippen LogP contribution is 2.27. The molecule has 3 heterocycles. The monoisotopic (exact) mass is 529 g/mol. The average Bonchev–Trinajstić information content (AvgIpc) is 3.31. The highest BCUT2D eigenvalue weighted by atomic mass is 16.2. The highest BCUT2D eigenvalue weighted by molar-refractivity contribution is 6.08. The Bertz CT molecular complexity index is 1420. The van der Waals surface area contributed by atoms with Crippen molar-refractivity contribution >= 4 is 28.6 Å². The zero-order valence-corrected chi connectivity index (χ0v) is 23.8. The normalized spacial score (nSPS) is 15.7. The Morgan fingerprint density at radius 2 is 1.97 bits per heavy atom. The van der Waals surface area contributed by atoms with Crippen molar-refractivity contribution in [1.82, 2.24) is 30.3 Å². The summed E-state index contributed by atoms with van der Waals surface area (Å²) in [5.74, 6) is -0.958. The van der Waals surface area contributed by atoms with Crippen LogP contribution in [0.5, 0.6) is 0 Å². The maximum absolute atomic E-state index is 13.5. The van der Waals surface area contributed by atoms with Crippen LogP contribution in [0.1, 0.15) is 56.1 Å². The molecule has 0 saturated carbocycles. The number of benzene rings is 1. The Hall–Kier alpha value is -3.69. The molecule has 4 rings (SSSR count). The lowest BCUT2D eigenvalue weighted by atomic mass is 9.95. The van der Waals surface area contributed by atoms with Crippen molar-refractivity contribution in [2.75, 3.05) is 33.7 Å². The van der Waals surface area contributed by atoms with Gasteiger partial charge in [-0.2, -0.15) is 5.10 Å². The van der Waals surface area contributed by atoms with Gasteiger partial charge in [-0.15, -0.1) is 0 Å². The number of fused-ring (bicyclic) bond motifs is 1. The molecule has 1 aliphatic rings. The van der Waals surface area contributed by atoms with Gasteiger partial charge < -0.3 is 15.5 Å². The van der Waals surface area contributed by atoms with Crippen LogP contribution in [0.25, 0.3) is 22.3 Å². The van der Waals surface area contributed by atoms with Crippen LogP contribution in [0.4, 0.5) is 0 Å². The molecule has 2 aromatic heterocycles. The molecule has 0 spiro atoms. The Labute approximate surface area is 230 Å². The first-order valence-corrected chi connectivity index (χ1v) is 13.5.